The van der Waals surface area contributed by atoms with Gasteiger partial charge >= 0.3 is 0 Å². The van der Waals surface area contributed by atoms with Crippen LogP contribution in [0.3, 0.4) is 0 Å². The number of nitrogens with one attached hydrogen (secondary N) is 3. The zero-order valence-electron chi connectivity index (χ0n) is 21.0. The molecule has 3 amide bonds. The molecule has 3 N–H and O–H groups in total. The number of rotatable bonds is 10. The maximum atomic E-state index is 13.3. The molecule has 0 aliphatic heterocycles. The van der Waals surface area contributed by atoms with Crippen molar-refractivity contribution in [3.63, 3.8) is 0 Å². The summed E-state index contributed by atoms with van der Waals surface area (Å²) in [6.07, 6.45) is 2.25. The van der Waals surface area contributed by atoms with Gasteiger partial charge in [0, 0.05) is 31.7 Å². The quantitative estimate of drug-likeness (QED) is 0.137. The van der Waals surface area contributed by atoms with E-state index in [1.54, 1.807) is 66.7 Å². The molecule has 39 heavy (non-hydrogen) atoms. The van der Waals surface area contributed by atoms with Crippen LogP contribution in [-0.2, 0) is 9.59 Å². The number of benzene rings is 3. The molecule has 0 bridgehead atoms. The molecule has 9 heteroatoms. The van der Waals surface area contributed by atoms with Gasteiger partial charge in [-0.1, -0.05) is 54.9 Å². The van der Waals surface area contributed by atoms with E-state index in [0.717, 1.165) is 9.77 Å². The summed E-state index contributed by atoms with van der Waals surface area (Å²) in [6.45, 7) is 1.94. The molecule has 3 aromatic carbocycles. The minimum absolute atomic E-state index is 0.122. The van der Waals surface area contributed by atoms with Crippen molar-refractivity contribution in [2.24, 2.45) is 0 Å². The van der Waals surface area contributed by atoms with E-state index in [-0.39, 0.29) is 22.8 Å². The molecule has 0 radical (unpaired) electrons. The number of thioether (sulfide) groups is 1. The smallest absolute Gasteiger partial charge is 0.272 e. The molecular formula is C30H26ClN3O3S2. The van der Waals surface area contributed by atoms with Gasteiger partial charge in [-0.3, -0.25) is 14.4 Å². The van der Waals surface area contributed by atoms with Crippen molar-refractivity contribution < 1.29 is 14.4 Å². The highest BCUT2D eigenvalue weighted by Crippen LogP contribution is 2.29. The van der Waals surface area contributed by atoms with Crippen LogP contribution in [0.2, 0.25) is 5.02 Å². The van der Waals surface area contributed by atoms with Crippen LogP contribution in [0.1, 0.15) is 28.6 Å². The average Bonchev–Trinajstić information content (AvgIpc) is 3.45. The van der Waals surface area contributed by atoms with Crippen LogP contribution in [-0.4, -0.2) is 23.0 Å². The van der Waals surface area contributed by atoms with Crippen molar-refractivity contribution in [2.75, 3.05) is 10.6 Å². The number of carbonyl (C=O) groups is 3. The Morgan fingerprint density at radius 1 is 0.897 bits per heavy atom. The standard InChI is InChI=1S/C30H26ClN3O3S2/c1-2-27(30(37)33-22-12-6-11-21(31)17-22)39-25-14-7-13-23(18-25)32-29(36)26(19-24-15-8-16-38-24)34-28(35)20-9-4-3-5-10-20/h3-19,27H,2H2,1H3,(H,32,36)(H,33,37)(H,34,35)/b26-19-. The van der Waals surface area contributed by atoms with Gasteiger partial charge in [0.15, 0.2) is 0 Å². The Labute approximate surface area is 240 Å². The lowest BCUT2D eigenvalue weighted by Gasteiger charge is -2.16. The highest BCUT2D eigenvalue weighted by molar-refractivity contribution is 8.00. The van der Waals surface area contributed by atoms with E-state index in [1.165, 1.54) is 23.1 Å². The Bertz CT molecular complexity index is 1470. The predicted octanol–water partition coefficient (Wildman–Crippen LogP) is 7.32. The molecule has 0 saturated carbocycles. The van der Waals surface area contributed by atoms with Crippen molar-refractivity contribution in [2.45, 2.75) is 23.5 Å². The third kappa shape index (κ3) is 8.32. The van der Waals surface area contributed by atoms with Crippen molar-refractivity contribution in [1.29, 1.82) is 0 Å². The van der Waals surface area contributed by atoms with E-state index in [4.69, 9.17) is 11.6 Å². The molecule has 6 nitrogen and oxygen atoms in total. The Kier molecular flexibility index (Phi) is 9.97. The van der Waals surface area contributed by atoms with Crippen LogP contribution in [0.4, 0.5) is 11.4 Å². The van der Waals surface area contributed by atoms with E-state index in [1.807, 2.05) is 42.6 Å². The highest BCUT2D eigenvalue weighted by Gasteiger charge is 2.19. The molecule has 0 fully saturated rings. The number of hydrogen-bond donors (Lipinski definition) is 3. The van der Waals surface area contributed by atoms with E-state index < -0.39 is 5.91 Å². The highest BCUT2D eigenvalue weighted by atomic mass is 35.5. The normalized spacial score (nSPS) is 11.9. The average molecular weight is 576 g/mol. The Hall–Kier alpha value is -3.85. The van der Waals surface area contributed by atoms with E-state index >= 15 is 0 Å². The second-order valence-corrected chi connectivity index (χ2v) is 11.1. The predicted molar refractivity (Wildman–Crippen MR) is 161 cm³/mol. The van der Waals surface area contributed by atoms with Crippen LogP contribution < -0.4 is 16.0 Å². The number of thiophene rings is 1. The van der Waals surface area contributed by atoms with Crippen molar-refractivity contribution in [3.05, 3.63) is 118 Å². The zero-order chi connectivity index (χ0) is 27.6. The monoisotopic (exact) mass is 575 g/mol. The van der Waals surface area contributed by atoms with Gasteiger partial charge in [-0.05, 0) is 72.5 Å². The third-order valence-corrected chi connectivity index (χ3v) is 7.90. The fraction of sp³-hybridized carbons (Fsp3) is 0.100. The Balaban J connectivity index is 1.46. The van der Waals surface area contributed by atoms with Gasteiger partial charge in [-0.25, -0.2) is 0 Å². The number of hydrogen-bond acceptors (Lipinski definition) is 5. The van der Waals surface area contributed by atoms with Gasteiger partial charge in [0.05, 0.1) is 5.25 Å². The summed E-state index contributed by atoms with van der Waals surface area (Å²) in [6, 6.07) is 26.7. The summed E-state index contributed by atoms with van der Waals surface area (Å²) in [5.74, 6) is -0.973. The first kappa shape index (κ1) is 28.2. The lowest BCUT2D eigenvalue weighted by atomic mass is 10.2. The fourth-order valence-electron chi connectivity index (χ4n) is 3.58. The van der Waals surface area contributed by atoms with Gasteiger partial charge in [0.1, 0.15) is 5.70 Å². The van der Waals surface area contributed by atoms with Crippen molar-refractivity contribution >= 4 is 69.9 Å². The van der Waals surface area contributed by atoms with Crippen molar-refractivity contribution in [1.82, 2.24) is 5.32 Å². The summed E-state index contributed by atoms with van der Waals surface area (Å²) in [4.78, 5) is 40.6. The van der Waals surface area contributed by atoms with Gasteiger partial charge in [0.2, 0.25) is 5.91 Å². The summed E-state index contributed by atoms with van der Waals surface area (Å²) < 4.78 is 0. The molecule has 0 aliphatic carbocycles. The molecule has 0 saturated heterocycles. The minimum Gasteiger partial charge on any atom is -0.325 e. The van der Waals surface area contributed by atoms with Gasteiger partial charge in [0.25, 0.3) is 11.8 Å². The Morgan fingerprint density at radius 3 is 2.33 bits per heavy atom. The van der Waals surface area contributed by atoms with Crippen LogP contribution in [0.5, 0.6) is 0 Å². The molecule has 1 aromatic heterocycles. The largest absolute Gasteiger partial charge is 0.325 e. The molecule has 4 rings (SSSR count). The fourth-order valence-corrected chi connectivity index (χ4v) is 5.44. The third-order valence-electron chi connectivity index (χ3n) is 5.48. The summed E-state index contributed by atoms with van der Waals surface area (Å²) in [7, 11) is 0. The molecule has 0 spiro atoms. The van der Waals surface area contributed by atoms with Gasteiger partial charge in [-0.15, -0.1) is 23.1 Å². The van der Waals surface area contributed by atoms with Crippen LogP contribution >= 0.6 is 34.7 Å². The maximum absolute atomic E-state index is 13.3. The topological polar surface area (TPSA) is 87.3 Å². The number of anilines is 2. The van der Waals surface area contributed by atoms with Crippen molar-refractivity contribution in [3.8, 4) is 0 Å². The second-order valence-electron chi connectivity index (χ2n) is 8.39. The molecule has 4 aromatic rings. The maximum Gasteiger partial charge on any atom is 0.272 e. The number of carbonyl (C=O) groups excluding carboxylic acids is 3. The van der Waals surface area contributed by atoms with E-state index in [9.17, 15) is 14.4 Å². The minimum atomic E-state index is -0.458. The number of amides is 3. The number of halogens is 1. The van der Waals surface area contributed by atoms with E-state index in [2.05, 4.69) is 16.0 Å². The molecule has 0 aliphatic rings. The van der Waals surface area contributed by atoms with Crippen LogP contribution in [0.25, 0.3) is 6.08 Å². The summed E-state index contributed by atoms with van der Waals surface area (Å²) >= 11 is 8.89. The lowest BCUT2D eigenvalue weighted by Crippen LogP contribution is -2.30. The van der Waals surface area contributed by atoms with E-state index in [0.29, 0.717) is 28.4 Å². The van der Waals surface area contributed by atoms with Crippen LogP contribution in [0, 0.1) is 0 Å². The first-order valence-corrected chi connectivity index (χ1v) is 14.3. The first-order chi connectivity index (χ1) is 18.9. The Morgan fingerprint density at radius 2 is 1.64 bits per heavy atom. The molecule has 198 valence electrons. The molecular weight excluding hydrogens is 550 g/mol. The summed E-state index contributed by atoms with van der Waals surface area (Å²) in [5.41, 5.74) is 1.75. The van der Waals surface area contributed by atoms with Crippen LogP contribution in [0.15, 0.2) is 107 Å². The van der Waals surface area contributed by atoms with Gasteiger partial charge < -0.3 is 16.0 Å². The first-order valence-electron chi connectivity index (χ1n) is 12.2. The lowest BCUT2D eigenvalue weighted by molar-refractivity contribution is -0.116. The SMILES string of the molecule is CCC(Sc1cccc(NC(=O)/C(=C/c2cccs2)NC(=O)c2ccccc2)c1)C(=O)Nc1cccc(Cl)c1. The molecule has 1 heterocycles. The molecule has 1 unspecified atom stereocenters. The summed E-state index contributed by atoms with van der Waals surface area (Å²) in [5, 5.41) is 10.6. The zero-order valence-corrected chi connectivity index (χ0v) is 23.4. The van der Waals surface area contributed by atoms with Gasteiger partial charge in [-0.2, -0.15) is 0 Å². The second kappa shape index (κ2) is 13.8. The molecule has 1 atom stereocenters.